The maximum absolute atomic E-state index is 12.4. The maximum Gasteiger partial charge on any atom is 0.325 e. The third-order valence-electron chi connectivity index (χ3n) is 4.36. The number of nitrogens with zero attached hydrogens (tertiary/aromatic N) is 2. The van der Waals surface area contributed by atoms with Gasteiger partial charge < -0.3 is 19.1 Å². The highest BCUT2D eigenvalue weighted by Crippen LogP contribution is 2.33. The largest absolute Gasteiger partial charge is 0.483 e. The molecule has 0 aliphatic carbocycles. The number of methoxy groups -OCH3 is 1. The van der Waals surface area contributed by atoms with Crippen molar-refractivity contribution in [3.05, 3.63) is 33.1 Å². The van der Waals surface area contributed by atoms with Gasteiger partial charge in [0.2, 0.25) is 0 Å². The molecule has 0 aromatic heterocycles. The Kier molecular flexibility index (Phi) is 7.51. The molecule has 2 heterocycles. The van der Waals surface area contributed by atoms with Crippen molar-refractivity contribution in [3.63, 3.8) is 0 Å². The molecule has 11 heteroatoms. The number of amides is 3. The quantitative estimate of drug-likeness (QED) is 0.432. The summed E-state index contributed by atoms with van der Waals surface area (Å²) in [5, 5.41) is -0.530. The predicted molar refractivity (Wildman–Crippen MR) is 112 cm³/mol. The smallest absolute Gasteiger partial charge is 0.325 e. The first-order chi connectivity index (χ1) is 14.4. The second-order valence-electron chi connectivity index (χ2n) is 6.32. The summed E-state index contributed by atoms with van der Waals surface area (Å²) in [6.07, 6.45) is 1.55. The first-order valence-corrected chi connectivity index (χ1v) is 10.6. The fourth-order valence-electron chi connectivity index (χ4n) is 2.75. The first-order valence-electron chi connectivity index (χ1n) is 8.99. The van der Waals surface area contributed by atoms with Crippen molar-refractivity contribution in [2.45, 2.75) is 0 Å². The minimum atomic E-state index is -0.672. The van der Waals surface area contributed by atoms with Crippen LogP contribution in [0.1, 0.15) is 5.56 Å². The molecular formula is C19H19BrN2O7S. The lowest BCUT2D eigenvalue weighted by molar-refractivity contribution is -0.143. The summed E-state index contributed by atoms with van der Waals surface area (Å²) < 4.78 is 15.9. The van der Waals surface area contributed by atoms with E-state index in [-0.39, 0.29) is 17.4 Å². The van der Waals surface area contributed by atoms with Gasteiger partial charge in [0.1, 0.15) is 12.3 Å². The van der Waals surface area contributed by atoms with E-state index < -0.39 is 23.7 Å². The minimum absolute atomic E-state index is 0.0929. The number of imide groups is 1. The summed E-state index contributed by atoms with van der Waals surface area (Å²) in [4.78, 5) is 50.6. The van der Waals surface area contributed by atoms with E-state index in [2.05, 4.69) is 20.7 Å². The number of hydrogen-bond acceptors (Lipinski definition) is 8. The third kappa shape index (κ3) is 5.41. The van der Waals surface area contributed by atoms with Crippen molar-refractivity contribution in [1.29, 1.82) is 0 Å². The van der Waals surface area contributed by atoms with Crippen molar-refractivity contribution in [2.24, 2.45) is 0 Å². The predicted octanol–water partition coefficient (Wildman–Crippen LogP) is 1.90. The molecule has 0 saturated carbocycles. The molecule has 1 aromatic carbocycles. The van der Waals surface area contributed by atoms with Gasteiger partial charge in [-0.3, -0.25) is 24.1 Å². The molecule has 0 atom stereocenters. The van der Waals surface area contributed by atoms with Crippen LogP contribution in [0.25, 0.3) is 6.08 Å². The van der Waals surface area contributed by atoms with Crippen LogP contribution in [-0.2, 0) is 23.9 Å². The summed E-state index contributed by atoms with van der Waals surface area (Å²) >= 11 is 4.15. The molecule has 2 saturated heterocycles. The highest BCUT2D eigenvalue weighted by Gasteiger charge is 2.36. The molecule has 0 spiro atoms. The topological polar surface area (TPSA) is 102 Å². The fourth-order valence-corrected chi connectivity index (χ4v) is 4.10. The van der Waals surface area contributed by atoms with Crippen molar-refractivity contribution in [1.82, 2.24) is 9.80 Å². The summed E-state index contributed by atoms with van der Waals surface area (Å²) in [6.45, 7) is 1.63. The van der Waals surface area contributed by atoms with Crippen molar-refractivity contribution in [3.8, 4) is 5.75 Å². The van der Waals surface area contributed by atoms with Crippen LogP contribution in [0.5, 0.6) is 5.75 Å². The molecule has 0 bridgehead atoms. The molecule has 0 N–H and O–H groups in total. The van der Waals surface area contributed by atoms with Gasteiger partial charge in [0.25, 0.3) is 17.1 Å². The van der Waals surface area contributed by atoms with E-state index in [1.165, 1.54) is 7.11 Å². The van der Waals surface area contributed by atoms with E-state index in [9.17, 15) is 19.2 Å². The molecule has 9 nitrogen and oxygen atoms in total. The number of hydrogen-bond donors (Lipinski definition) is 0. The molecule has 0 unspecified atom stereocenters. The van der Waals surface area contributed by atoms with Crippen LogP contribution < -0.4 is 4.74 Å². The number of ether oxygens (including phenoxy) is 3. The van der Waals surface area contributed by atoms with E-state index >= 15 is 0 Å². The van der Waals surface area contributed by atoms with Crippen molar-refractivity contribution in [2.75, 3.05) is 46.6 Å². The Balaban J connectivity index is 1.63. The van der Waals surface area contributed by atoms with Gasteiger partial charge in [0, 0.05) is 13.1 Å². The van der Waals surface area contributed by atoms with Gasteiger partial charge in [-0.2, -0.15) is 0 Å². The number of morpholine rings is 1. The monoisotopic (exact) mass is 498 g/mol. The summed E-state index contributed by atoms with van der Waals surface area (Å²) in [6, 6.07) is 5.08. The highest BCUT2D eigenvalue weighted by molar-refractivity contribution is 9.10. The lowest BCUT2D eigenvalue weighted by Gasteiger charge is -2.26. The molecule has 2 aliphatic rings. The van der Waals surface area contributed by atoms with Crippen LogP contribution >= 0.6 is 27.7 Å². The zero-order chi connectivity index (χ0) is 21.7. The number of esters is 1. The normalized spacial score (nSPS) is 18.1. The third-order valence-corrected chi connectivity index (χ3v) is 5.88. The van der Waals surface area contributed by atoms with Crippen LogP contribution in [0.15, 0.2) is 27.6 Å². The minimum Gasteiger partial charge on any atom is -0.483 e. The van der Waals surface area contributed by atoms with Gasteiger partial charge in [-0.15, -0.1) is 0 Å². The van der Waals surface area contributed by atoms with Crippen LogP contribution in [0, 0.1) is 0 Å². The van der Waals surface area contributed by atoms with E-state index in [1.807, 2.05) is 0 Å². The molecular weight excluding hydrogens is 480 g/mol. The molecule has 160 valence electrons. The number of halogens is 1. The molecule has 30 heavy (non-hydrogen) atoms. The van der Waals surface area contributed by atoms with E-state index in [0.717, 1.165) is 16.7 Å². The fraction of sp³-hybridized carbons (Fsp3) is 0.368. The van der Waals surface area contributed by atoms with Crippen molar-refractivity contribution >= 4 is 56.8 Å². The Hall–Kier alpha value is -2.37. The molecule has 3 rings (SSSR count). The Morgan fingerprint density at radius 3 is 2.67 bits per heavy atom. The second-order valence-corrected chi connectivity index (χ2v) is 8.16. The number of thioether (sulfide) groups is 1. The zero-order valence-corrected chi connectivity index (χ0v) is 18.5. The lowest BCUT2D eigenvalue weighted by atomic mass is 10.2. The van der Waals surface area contributed by atoms with Crippen LogP contribution in [0.3, 0.4) is 0 Å². The Bertz CT molecular complexity index is 899. The number of rotatable bonds is 6. The van der Waals surface area contributed by atoms with Gasteiger partial charge in [0.05, 0.1) is 29.7 Å². The van der Waals surface area contributed by atoms with Crippen LogP contribution in [0.4, 0.5) is 4.79 Å². The summed E-state index contributed by atoms with van der Waals surface area (Å²) in [5.41, 5.74) is 0.650. The van der Waals surface area contributed by atoms with Crippen molar-refractivity contribution < 1.29 is 33.4 Å². The van der Waals surface area contributed by atoms with E-state index in [4.69, 9.17) is 9.47 Å². The van der Waals surface area contributed by atoms with E-state index in [1.54, 1.807) is 29.2 Å². The molecule has 2 fully saturated rings. The standard InChI is InChI=1S/C19H19BrN2O7S/c1-27-17(24)10-22-18(25)15(30-19(22)26)9-12-2-3-14(13(20)8-12)29-11-16(23)21-4-6-28-7-5-21/h2-3,8-9H,4-7,10-11H2,1H3/b15-9+. The maximum atomic E-state index is 12.4. The van der Waals surface area contributed by atoms with Gasteiger partial charge in [0.15, 0.2) is 6.61 Å². The van der Waals surface area contributed by atoms with Gasteiger partial charge in [-0.1, -0.05) is 6.07 Å². The van der Waals surface area contributed by atoms with Gasteiger partial charge in [-0.05, 0) is 51.5 Å². The van der Waals surface area contributed by atoms with E-state index in [0.29, 0.717) is 42.1 Å². The van der Waals surface area contributed by atoms with Crippen LogP contribution in [-0.4, -0.2) is 79.4 Å². The first kappa shape index (κ1) is 22.3. The Morgan fingerprint density at radius 2 is 2.00 bits per heavy atom. The number of benzene rings is 1. The lowest BCUT2D eigenvalue weighted by Crippen LogP contribution is -2.43. The molecule has 1 aromatic rings. The molecule has 3 amide bonds. The SMILES string of the molecule is COC(=O)CN1C(=O)S/C(=C/c2ccc(OCC(=O)N3CCOCC3)c(Br)c2)C1=O. The second kappa shape index (κ2) is 10.1. The average Bonchev–Trinajstić information content (AvgIpc) is 3.00. The number of carbonyl (C=O) groups is 4. The zero-order valence-electron chi connectivity index (χ0n) is 16.1. The number of carbonyl (C=O) groups excluding carboxylic acids is 4. The Morgan fingerprint density at radius 1 is 1.27 bits per heavy atom. The summed E-state index contributed by atoms with van der Waals surface area (Å²) in [7, 11) is 1.19. The van der Waals surface area contributed by atoms with Gasteiger partial charge in [-0.25, -0.2) is 0 Å². The molecule has 2 aliphatic heterocycles. The van der Waals surface area contributed by atoms with Gasteiger partial charge >= 0.3 is 5.97 Å². The average molecular weight is 499 g/mol. The summed E-state index contributed by atoms with van der Waals surface area (Å²) in [5.74, 6) is -0.863. The van der Waals surface area contributed by atoms with Crippen LogP contribution in [0.2, 0.25) is 0 Å². The highest BCUT2D eigenvalue weighted by atomic mass is 79.9. The molecule has 0 radical (unpaired) electrons. The Labute approximate surface area is 185 Å².